The van der Waals surface area contributed by atoms with Crippen LogP contribution in [0.4, 0.5) is 10.2 Å². The number of hydrogen-bond acceptors (Lipinski definition) is 2. The van der Waals surface area contributed by atoms with Gasteiger partial charge in [0.05, 0.1) is 5.02 Å². The second-order valence-corrected chi connectivity index (χ2v) is 4.74. The third kappa shape index (κ3) is 3.41. The SMILES string of the molecule is Fc1ccc(Br)c(CNc2ccc(Cl)cn2)c1. The second-order valence-electron chi connectivity index (χ2n) is 3.45. The van der Waals surface area contributed by atoms with Crippen molar-refractivity contribution in [2.75, 3.05) is 5.32 Å². The molecule has 0 aliphatic heterocycles. The highest BCUT2D eigenvalue weighted by Gasteiger charge is 2.02. The number of rotatable bonds is 3. The Morgan fingerprint density at radius 2 is 2.12 bits per heavy atom. The van der Waals surface area contributed by atoms with Gasteiger partial charge in [0.1, 0.15) is 11.6 Å². The van der Waals surface area contributed by atoms with Crippen LogP contribution in [0.5, 0.6) is 0 Å². The fourth-order valence-corrected chi connectivity index (χ4v) is 1.84. The summed E-state index contributed by atoms with van der Waals surface area (Å²) in [6, 6.07) is 8.09. The smallest absolute Gasteiger partial charge is 0.126 e. The van der Waals surface area contributed by atoms with Gasteiger partial charge in [0.2, 0.25) is 0 Å². The zero-order chi connectivity index (χ0) is 12.3. The van der Waals surface area contributed by atoms with Crippen LogP contribution in [0.15, 0.2) is 41.0 Å². The first-order chi connectivity index (χ1) is 8.15. The Bertz CT molecular complexity index is 516. The van der Waals surface area contributed by atoms with Crippen molar-refractivity contribution in [1.82, 2.24) is 4.98 Å². The average molecular weight is 316 g/mol. The number of benzene rings is 1. The van der Waals surface area contributed by atoms with Crippen molar-refractivity contribution in [3.8, 4) is 0 Å². The molecule has 0 spiro atoms. The molecule has 0 unspecified atom stereocenters. The van der Waals surface area contributed by atoms with E-state index in [4.69, 9.17) is 11.6 Å². The van der Waals surface area contributed by atoms with Crippen LogP contribution in [0.25, 0.3) is 0 Å². The molecule has 0 fully saturated rings. The van der Waals surface area contributed by atoms with Gasteiger partial charge in [-0.3, -0.25) is 0 Å². The molecule has 0 amide bonds. The maximum absolute atomic E-state index is 13.0. The highest BCUT2D eigenvalue weighted by Crippen LogP contribution is 2.19. The summed E-state index contributed by atoms with van der Waals surface area (Å²) in [6.45, 7) is 0.493. The van der Waals surface area contributed by atoms with Crippen molar-refractivity contribution in [2.45, 2.75) is 6.54 Å². The van der Waals surface area contributed by atoms with Crippen LogP contribution in [-0.4, -0.2) is 4.98 Å². The summed E-state index contributed by atoms with van der Waals surface area (Å²) in [5, 5.41) is 3.68. The lowest BCUT2D eigenvalue weighted by molar-refractivity contribution is 0.625. The molecular weight excluding hydrogens is 307 g/mol. The molecule has 1 heterocycles. The standard InChI is InChI=1S/C12H9BrClFN2/c13-11-3-2-10(15)5-8(11)6-16-12-4-1-9(14)7-17-12/h1-5,7H,6H2,(H,16,17). The fraction of sp³-hybridized carbons (Fsp3) is 0.0833. The zero-order valence-electron chi connectivity index (χ0n) is 8.75. The quantitative estimate of drug-likeness (QED) is 0.916. The predicted octanol–water partition coefficient (Wildman–Crippen LogP) is 4.25. The summed E-state index contributed by atoms with van der Waals surface area (Å²) in [4.78, 5) is 4.09. The van der Waals surface area contributed by atoms with E-state index in [9.17, 15) is 4.39 Å². The number of pyridine rings is 1. The molecule has 1 aromatic carbocycles. The molecule has 0 saturated carbocycles. The van der Waals surface area contributed by atoms with Gasteiger partial charge in [-0.15, -0.1) is 0 Å². The summed E-state index contributed by atoms with van der Waals surface area (Å²) in [5.74, 6) is 0.444. The Morgan fingerprint density at radius 3 is 2.82 bits per heavy atom. The van der Waals surface area contributed by atoms with Crippen LogP contribution in [0.2, 0.25) is 5.02 Å². The lowest BCUT2D eigenvalue weighted by Gasteiger charge is -2.07. The molecule has 0 atom stereocenters. The molecule has 2 nitrogen and oxygen atoms in total. The predicted molar refractivity (Wildman–Crippen MR) is 70.7 cm³/mol. The Balaban J connectivity index is 2.07. The maximum Gasteiger partial charge on any atom is 0.126 e. The van der Waals surface area contributed by atoms with Crippen LogP contribution in [0, 0.1) is 5.82 Å². The van der Waals surface area contributed by atoms with Gasteiger partial charge >= 0.3 is 0 Å². The van der Waals surface area contributed by atoms with Gasteiger partial charge in [-0.05, 0) is 35.9 Å². The van der Waals surface area contributed by atoms with E-state index in [1.165, 1.54) is 12.1 Å². The lowest BCUT2D eigenvalue weighted by Crippen LogP contribution is -2.02. The first-order valence-corrected chi connectivity index (χ1v) is 6.11. The Hall–Kier alpha value is -1.13. The van der Waals surface area contributed by atoms with Crippen molar-refractivity contribution < 1.29 is 4.39 Å². The van der Waals surface area contributed by atoms with Crippen molar-refractivity contribution in [3.05, 3.63) is 57.4 Å². The van der Waals surface area contributed by atoms with Crippen LogP contribution in [0.3, 0.4) is 0 Å². The largest absolute Gasteiger partial charge is 0.366 e. The Kier molecular flexibility index (Phi) is 3.97. The van der Waals surface area contributed by atoms with Gasteiger partial charge in [0.25, 0.3) is 0 Å². The van der Waals surface area contributed by atoms with Gasteiger partial charge in [0.15, 0.2) is 0 Å². The van der Waals surface area contributed by atoms with Gasteiger partial charge in [-0.25, -0.2) is 9.37 Å². The summed E-state index contributed by atoms with van der Waals surface area (Å²) in [6.07, 6.45) is 1.56. The number of hydrogen-bond donors (Lipinski definition) is 1. The number of halogens is 3. The summed E-state index contributed by atoms with van der Waals surface area (Å²) >= 11 is 9.09. The number of aromatic nitrogens is 1. The van der Waals surface area contributed by atoms with Crippen LogP contribution in [-0.2, 0) is 6.54 Å². The first-order valence-electron chi connectivity index (χ1n) is 4.94. The van der Waals surface area contributed by atoms with E-state index >= 15 is 0 Å². The maximum atomic E-state index is 13.0. The Labute approximate surface area is 112 Å². The second kappa shape index (κ2) is 5.47. The highest BCUT2D eigenvalue weighted by atomic mass is 79.9. The molecule has 1 N–H and O–H groups in total. The molecular formula is C12H9BrClFN2. The molecule has 0 radical (unpaired) electrons. The zero-order valence-corrected chi connectivity index (χ0v) is 11.1. The van der Waals surface area contributed by atoms with E-state index in [1.54, 1.807) is 24.4 Å². The normalized spacial score (nSPS) is 10.3. The minimum atomic E-state index is -0.255. The van der Waals surface area contributed by atoms with Crippen LogP contribution < -0.4 is 5.32 Å². The van der Waals surface area contributed by atoms with E-state index in [0.717, 1.165) is 10.0 Å². The van der Waals surface area contributed by atoms with Gasteiger partial charge < -0.3 is 5.32 Å². The van der Waals surface area contributed by atoms with Crippen molar-refractivity contribution in [2.24, 2.45) is 0 Å². The average Bonchev–Trinajstić information content (AvgIpc) is 2.32. The van der Waals surface area contributed by atoms with Crippen LogP contribution >= 0.6 is 27.5 Å². The molecule has 5 heteroatoms. The molecule has 0 bridgehead atoms. The third-order valence-corrected chi connectivity index (χ3v) is 3.19. The molecule has 0 saturated heterocycles. The van der Waals surface area contributed by atoms with Gasteiger partial charge in [0, 0.05) is 17.2 Å². The van der Waals surface area contributed by atoms with Gasteiger partial charge in [-0.2, -0.15) is 0 Å². The fourth-order valence-electron chi connectivity index (χ4n) is 1.34. The Morgan fingerprint density at radius 1 is 1.29 bits per heavy atom. The molecule has 17 heavy (non-hydrogen) atoms. The lowest BCUT2D eigenvalue weighted by atomic mass is 10.2. The summed E-state index contributed by atoms with van der Waals surface area (Å²) in [5.41, 5.74) is 0.835. The monoisotopic (exact) mass is 314 g/mol. The van der Waals surface area contributed by atoms with Crippen LogP contribution in [0.1, 0.15) is 5.56 Å². The van der Waals surface area contributed by atoms with E-state index in [1.807, 2.05) is 0 Å². The van der Waals surface area contributed by atoms with E-state index in [0.29, 0.717) is 17.4 Å². The number of anilines is 1. The molecule has 1 aromatic heterocycles. The molecule has 88 valence electrons. The number of nitrogens with zero attached hydrogens (tertiary/aromatic N) is 1. The van der Waals surface area contributed by atoms with E-state index in [-0.39, 0.29) is 5.82 Å². The van der Waals surface area contributed by atoms with Gasteiger partial charge in [-0.1, -0.05) is 27.5 Å². The van der Waals surface area contributed by atoms with E-state index in [2.05, 4.69) is 26.2 Å². The third-order valence-electron chi connectivity index (χ3n) is 2.20. The topological polar surface area (TPSA) is 24.9 Å². The minimum absolute atomic E-state index is 0.255. The highest BCUT2D eigenvalue weighted by molar-refractivity contribution is 9.10. The van der Waals surface area contributed by atoms with Crippen molar-refractivity contribution >= 4 is 33.3 Å². The molecule has 2 aromatic rings. The first kappa shape index (κ1) is 12.3. The minimum Gasteiger partial charge on any atom is -0.366 e. The van der Waals surface area contributed by atoms with Crippen molar-refractivity contribution in [1.29, 1.82) is 0 Å². The van der Waals surface area contributed by atoms with E-state index < -0.39 is 0 Å². The summed E-state index contributed by atoms with van der Waals surface area (Å²) < 4.78 is 13.9. The number of nitrogens with one attached hydrogen (secondary N) is 1. The van der Waals surface area contributed by atoms with Crippen molar-refractivity contribution in [3.63, 3.8) is 0 Å². The molecule has 2 rings (SSSR count). The molecule has 0 aliphatic rings. The molecule has 0 aliphatic carbocycles. The summed E-state index contributed by atoms with van der Waals surface area (Å²) in [7, 11) is 0.